The Bertz CT molecular complexity index is 1140. The summed E-state index contributed by atoms with van der Waals surface area (Å²) in [4.78, 5) is 21.5. The van der Waals surface area contributed by atoms with Gasteiger partial charge in [-0.15, -0.1) is 0 Å². The second-order valence-electron chi connectivity index (χ2n) is 6.40. The molecule has 2 aromatic carbocycles. The lowest BCUT2D eigenvalue weighted by Crippen LogP contribution is -2.12. The number of carbonyl (C=O) groups excluding carboxylic acids is 1. The van der Waals surface area contributed by atoms with E-state index in [2.05, 4.69) is 15.3 Å². The molecular weight excluding hydrogens is 384 g/mol. The standard InChI is InChI=1S/C22H20N4O4/c1-28-18-11-15(12-19(29-2)20(18)30-3)21(27)24-16-7-5-14(6-8-16)17-13-26-10-4-9-23-22(26)25-17/h4-13H,1-3H3,(H,24,27). The number of fused-ring (bicyclic) bond motifs is 1. The van der Waals surface area contributed by atoms with Gasteiger partial charge in [-0.2, -0.15) is 0 Å². The van der Waals surface area contributed by atoms with Gasteiger partial charge in [0, 0.05) is 35.4 Å². The van der Waals surface area contributed by atoms with Crippen LogP contribution in [0.3, 0.4) is 0 Å². The van der Waals surface area contributed by atoms with Gasteiger partial charge < -0.3 is 19.5 Å². The van der Waals surface area contributed by atoms with Crippen molar-refractivity contribution in [2.24, 2.45) is 0 Å². The average Bonchev–Trinajstić information content (AvgIpc) is 3.22. The summed E-state index contributed by atoms with van der Waals surface area (Å²) in [7, 11) is 4.53. The summed E-state index contributed by atoms with van der Waals surface area (Å²) in [5.41, 5.74) is 2.77. The molecule has 4 rings (SSSR count). The van der Waals surface area contributed by atoms with Crippen LogP contribution in [0.2, 0.25) is 0 Å². The molecule has 30 heavy (non-hydrogen) atoms. The van der Waals surface area contributed by atoms with Crippen LogP contribution >= 0.6 is 0 Å². The number of ether oxygens (including phenoxy) is 3. The first-order chi connectivity index (χ1) is 14.6. The van der Waals surface area contributed by atoms with Crippen molar-refractivity contribution in [2.45, 2.75) is 0 Å². The number of nitrogens with one attached hydrogen (secondary N) is 1. The first-order valence-corrected chi connectivity index (χ1v) is 9.14. The number of hydrogen-bond acceptors (Lipinski definition) is 6. The lowest BCUT2D eigenvalue weighted by atomic mass is 10.1. The number of anilines is 1. The lowest BCUT2D eigenvalue weighted by Gasteiger charge is -2.14. The van der Waals surface area contributed by atoms with Crippen molar-refractivity contribution < 1.29 is 19.0 Å². The molecule has 0 saturated carbocycles. The van der Waals surface area contributed by atoms with Crippen molar-refractivity contribution in [2.75, 3.05) is 26.6 Å². The van der Waals surface area contributed by atoms with Crippen LogP contribution in [0, 0.1) is 0 Å². The number of rotatable bonds is 6. The highest BCUT2D eigenvalue weighted by Crippen LogP contribution is 2.38. The van der Waals surface area contributed by atoms with Crippen molar-refractivity contribution in [3.8, 4) is 28.5 Å². The number of carbonyl (C=O) groups is 1. The summed E-state index contributed by atoms with van der Waals surface area (Å²) in [6, 6.07) is 12.5. The average molecular weight is 404 g/mol. The molecule has 2 aromatic heterocycles. The molecule has 8 nitrogen and oxygen atoms in total. The molecule has 0 aliphatic carbocycles. The van der Waals surface area contributed by atoms with E-state index in [1.165, 1.54) is 21.3 Å². The fourth-order valence-corrected chi connectivity index (χ4v) is 3.11. The Hall–Kier alpha value is -4.07. The lowest BCUT2D eigenvalue weighted by molar-refractivity contribution is 0.102. The van der Waals surface area contributed by atoms with Gasteiger partial charge in [-0.1, -0.05) is 12.1 Å². The van der Waals surface area contributed by atoms with Crippen LogP contribution in [-0.4, -0.2) is 41.6 Å². The van der Waals surface area contributed by atoms with E-state index in [9.17, 15) is 4.79 Å². The minimum absolute atomic E-state index is 0.293. The Morgan fingerprint density at radius 2 is 1.70 bits per heavy atom. The summed E-state index contributed by atoms with van der Waals surface area (Å²) in [6.07, 6.45) is 5.50. The van der Waals surface area contributed by atoms with Crippen LogP contribution in [0.1, 0.15) is 10.4 Å². The van der Waals surface area contributed by atoms with Gasteiger partial charge >= 0.3 is 0 Å². The Kier molecular flexibility index (Phi) is 5.21. The maximum atomic E-state index is 12.7. The van der Waals surface area contributed by atoms with Gasteiger partial charge in [-0.3, -0.25) is 9.20 Å². The third-order valence-corrected chi connectivity index (χ3v) is 4.60. The van der Waals surface area contributed by atoms with Gasteiger partial charge in [0.15, 0.2) is 11.5 Å². The molecule has 0 bridgehead atoms. The highest BCUT2D eigenvalue weighted by atomic mass is 16.5. The van der Waals surface area contributed by atoms with Gasteiger partial charge in [0.05, 0.1) is 27.0 Å². The fraction of sp³-hybridized carbons (Fsp3) is 0.136. The minimum atomic E-state index is -0.293. The van der Waals surface area contributed by atoms with Crippen LogP contribution in [0.4, 0.5) is 5.69 Å². The monoisotopic (exact) mass is 404 g/mol. The molecule has 0 atom stereocenters. The quantitative estimate of drug-likeness (QED) is 0.528. The summed E-state index contributed by atoms with van der Waals surface area (Å²) in [5.74, 6) is 1.60. The van der Waals surface area contributed by atoms with Crippen molar-refractivity contribution in [1.82, 2.24) is 14.4 Å². The molecule has 0 aliphatic heterocycles. The topological polar surface area (TPSA) is 87.0 Å². The highest BCUT2D eigenvalue weighted by Gasteiger charge is 2.17. The molecule has 1 amide bonds. The summed E-state index contributed by atoms with van der Waals surface area (Å²) >= 11 is 0. The van der Waals surface area contributed by atoms with E-state index in [0.29, 0.717) is 34.3 Å². The predicted molar refractivity (Wildman–Crippen MR) is 112 cm³/mol. The second kappa shape index (κ2) is 8.12. The first kappa shape index (κ1) is 19.3. The smallest absolute Gasteiger partial charge is 0.255 e. The van der Waals surface area contributed by atoms with Crippen LogP contribution in [0.15, 0.2) is 61.1 Å². The van der Waals surface area contributed by atoms with E-state index in [0.717, 1.165) is 11.3 Å². The van der Waals surface area contributed by atoms with Crippen molar-refractivity contribution >= 4 is 17.4 Å². The van der Waals surface area contributed by atoms with Crippen molar-refractivity contribution in [3.05, 3.63) is 66.6 Å². The zero-order valence-electron chi connectivity index (χ0n) is 16.7. The molecule has 0 saturated heterocycles. The molecular formula is C22H20N4O4. The number of benzene rings is 2. The maximum Gasteiger partial charge on any atom is 0.255 e. The normalized spacial score (nSPS) is 10.6. The molecule has 2 heterocycles. The Labute approximate surface area is 173 Å². The number of amides is 1. The number of hydrogen-bond donors (Lipinski definition) is 1. The van der Waals surface area contributed by atoms with Crippen molar-refractivity contribution in [1.29, 1.82) is 0 Å². The number of methoxy groups -OCH3 is 3. The zero-order valence-corrected chi connectivity index (χ0v) is 16.7. The molecule has 0 aliphatic rings. The molecule has 152 valence electrons. The van der Waals surface area contributed by atoms with Crippen molar-refractivity contribution in [3.63, 3.8) is 0 Å². The molecule has 4 aromatic rings. The van der Waals surface area contributed by atoms with Crippen LogP contribution < -0.4 is 19.5 Å². The van der Waals surface area contributed by atoms with Gasteiger partial charge in [0.1, 0.15) is 0 Å². The zero-order chi connectivity index (χ0) is 21.1. The fourth-order valence-electron chi connectivity index (χ4n) is 3.11. The number of nitrogens with zero attached hydrogens (tertiary/aromatic N) is 3. The summed E-state index contributed by atoms with van der Waals surface area (Å²) in [6.45, 7) is 0. The largest absolute Gasteiger partial charge is 0.493 e. The van der Waals surface area contributed by atoms with E-state index < -0.39 is 0 Å². The summed E-state index contributed by atoms with van der Waals surface area (Å²) < 4.78 is 17.8. The Morgan fingerprint density at radius 3 is 2.30 bits per heavy atom. The predicted octanol–water partition coefficient (Wildman–Crippen LogP) is 3.67. The number of imidazole rings is 1. The van der Waals surface area contributed by atoms with E-state index in [1.807, 2.05) is 47.1 Å². The van der Waals surface area contributed by atoms with E-state index in [-0.39, 0.29) is 5.91 Å². The van der Waals surface area contributed by atoms with Gasteiger partial charge in [0.2, 0.25) is 11.5 Å². The third-order valence-electron chi connectivity index (χ3n) is 4.60. The SMILES string of the molecule is COc1cc(C(=O)Nc2ccc(-c3cn4cccnc4n3)cc2)cc(OC)c1OC. The van der Waals surface area contributed by atoms with Crippen LogP contribution in [-0.2, 0) is 0 Å². The third kappa shape index (κ3) is 3.62. The number of aromatic nitrogens is 3. The van der Waals surface area contributed by atoms with Gasteiger partial charge in [-0.05, 0) is 30.3 Å². The summed E-state index contributed by atoms with van der Waals surface area (Å²) in [5, 5.41) is 2.87. The first-order valence-electron chi connectivity index (χ1n) is 9.14. The molecule has 0 radical (unpaired) electrons. The van der Waals surface area contributed by atoms with Gasteiger partial charge in [0.25, 0.3) is 5.91 Å². The van der Waals surface area contributed by atoms with Gasteiger partial charge in [-0.25, -0.2) is 9.97 Å². The van der Waals surface area contributed by atoms with Crippen LogP contribution in [0.25, 0.3) is 17.0 Å². The Balaban J connectivity index is 1.55. The minimum Gasteiger partial charge on any atom is -0.493 e. The van der Waals surface area contributed by atoms with E-state index >= 15 is 0 Å². The highest BCUT2D eigenvalue weighted by molar-refractivity contribution is 6.05. The maximum absolute atomic E-state index is 12.7. The molecule has 0 unspecified atom stereocenters. The molecule has 0 fully saturated rings. The van der Waals surface area contributed by atoms with E-state index in [4.69, 9.17) is 14.2 Å². The molecule has 8 heteroatoms. The molecule has 0 spiro atoms. The van der Waals surface area contributed by atoms with Crippen LogP contribution in [0.5, 0.6) is 17.2 Å². The van der Waals surface area contributed by atoms with E-state index in [1.54, 1.807) is 18.3 Å². The second-order valence-corrected chi connectivity index (χ2v) is 6.40. The molecule has 1 N–H and O–H groups in total. The Morgan fingerprint density at radius 1 is 1.00 bits per heavy atom.